The van der Waals surface area contributed by atoms with Crippen LogP contribution in [0.5, 0.6) is 11.5 Å². The number of ether oxygens (including phenoxy) is 1. The van der Waals surface area contributed by atoms with Crippen molar-refractivity contribution in [2.45, 2.75) is 31.8 Å². The van der Waals surface area contributed by atoms with Crippen LogP contribution in [0.15, 0.2) is 18.2 Å². The lowest BCUT2D eigenvalue weighted by molar-refractivity contribution is 0.0678. The fourth-order valence-electron chi connectivity index (χ4n) is 3.57. The highest BCUT2D eigenvalue weighted by molar-refractivity contribution is 5.41. The second-order valence-electron chi connectivity index (χ2n) is 6.06. The molecule has 3 saturated heterocycles. The molecular formula is C16H24N2O2. The summed E-state index contributed by atoms with van der Waals surface area (Å²) in [5, 5.41) is 13.8. The fraction of sp³-hybridized carbons (Fsp3) is 0.625. The Labute approximate surface area is 120 Å². The summed E-state index contributed by atoms with van der Waals surface area (Å²) in [5.41, 5.74) is 0.917. The fourth-order valence-corrected chi connectivity index (χ4v) is 3.57. The lowest BCUT2D eigenvalue weighted by atomic mass is 9.83. The molecular weight excluding hydrogens is 252 g/mol. The first-order valence-electron chi connectivity index (χ1n) is 7.52. The Kier molecular flexibility index (Phi) is 3.85. The number of hydrogen-bond donors (Lipinski definition) is 2. The average molecular weight is 276 g/mol. The van der Waals surface area contributed by atoms with Gasteiger partial charge in [-0.25, -0.2) is 0 Å². The van der Waals surface area contributed by atoms with Crippen molar-refractivity contribution >= 4 is 0 Å². The zero-order valence-corrected chi connectivity index (χ0v) is 12.3. The first-order valence-corrected chi connectivity index (χ1v) is 7.52. The quantitative estimate of drug-likeness (QED) is 0.884. The first kappa shape index (κ1) is 13.7. The Bertz CT molecular complexity index is 470. The van der Waals surface area contributed by atoms with E-state index in [4.69, 9.17) is 4.74 Å². The van der Waals surface area contributed by atoms with E-state index < -0.39 is 0 Å². The molecule has 2 atom stereocenters. The minimum Gasteiger partial charge on any atom is -0.508 e. The number of nitrogens with one attached hydrogen (secondary N) is 1. The molecule has 4 heteroatoms. The van der Waals surface area contributed by atoms with Gasteiger partial charge in [0.25, 0.3) is 0 Å². The van der Waals surface area contributed by atoms with Crippen LogP contribution in [-0.2, 0) is 0 Å². The van der Waals surface area contributed by atoms with Gasteiger partial charge in [0.05, 0.1) is 7.11 Å². The number of aromatic hydroxyl groups is 1. The van der Waals surface area contributed by atoms with Crippen molar-refractivity contribution in [1.82, 2.24) is 10.2 Å². The van der Waals surface area contributed by atoms with E-state index in [2.05, 4.69) is 17.1 Å². The summed E-state index contributed by atoms with van der Waals surface area (Å²) in [7, 11) is 1.65. The summed E-state index contributed by atoms with van der Waals surface area (Å²) in [6.45, 7) is 5.76. The highest BCUT2D eigenvalue weighted by Crippen LogP contribution is 2.32. The number of piperidine rings is 3. The third-order valence-corrected chi connectivity index (χ3v) is 4.82. The van der Waals surface area contributed by atoms with Gasteiger partial charge in [0.2, 0.25) is 0 Å². The molecule has 3 heterocycles. The largest absolute Gasteiger partial charge is 0.508 e. The zero-order chi connectivity index (χ0) is 14.1. The lowest BCUT2D eigenvalue weighted by Crippen LogP contribution is -2.56. The van der Waals surface area contributed by atoms with Crippen LogP contribution in [0.2, 0.25) is 0 Å². The van der Waals surface area contributed by atoms with E-state index in [0.717, 1.165) is 23.8 Å². The van der Waals surface area contributed by atoms with Gasteiger partial charge >= 0.3 is 0 Å². The van der Waals surface area contributed by atoms with Crippen LogP contribution >= 0.6 is 0 Å². The number of rotatable bonds is 4. The third kappa shape index (κ3) is 2.63. The molecule has 2 N–H and O–H groups in total. The average Bonchev–Trinajstić information content (AvgIpc) is 2.49. The molecule has 4 nitrogen and oxygen atoms in total. The summed E-state index contributed by atoms with van der Waals surface area (Å²) in [5.74, 6) is 1.92. The lowest BCUT2D eigenvalue weighted by Gasteiger charge is -2.46. The molecule has 0 aromatic heterocycles. The summed E-state index contributed by atoms with van der Waals surface area (Å²) in [6, 6.07) is 6.10. The monoisotopic (exact) mass is 276 g/mol. The van der Waals surface area contributed by atoms with Gasteiger partial charge in [-0.15, -0.1) is 0 Å². The van der Waals surface area contributed by atoms with Crippen LogP contribution in [0.4, 0.5) is 0 Å². The van der Waals surface area contributed by atoms with Crippen molar-refractivity contribution < 1.29 is 9.84 Å². The molecule has 3 fully saturated rings. The standard InChI is InChI=1S/C16H24N2O2/c1-11(14-9-13(20-2)3-4-16(14)19)17-15-10-18-7-5-12(15)6-8-18/h3-4,9,11-12,15,17,19H,5-8,10H2,1-2H3. The summed E-state index contributed by atoms with van der Waals surface area (Å²) < 4.78 is 5.25. The number of hydrogen-bond acceptors (Lipinski definition) is 4. The van der Waals surface area contributed by atoms with Crippen LogP contribution in [0.1, 0.15) is 31.4 Å². The van der Waals surface area contributed by atoms with E-state index in [1.54, 1.807) is 19.2 Å². The maximum Gasteiger partial charge on any atom is 0.120 e. The van der Waals surface area contributed by atoms with Gasteiger partial charge in [0, 0.05) is 24.2 Å². The molecule has 2 unspecified atom stereocenters. The predicted molar refractivity (Wildman–Crippen MR) is 79.2 cm³/mol. The van der Waals surface area contributed by atoms with Crippen molar-refractivity contribution in [3.63, 3.8) is 0 Å². The van der Waals surface area contributed by atoms with E-state index in [1.807, 2.05) is 6.07 Å². The SMILES string of the molecule is COc1ccc(O)c(C(C)NC2CN3CCC2CC3)c1. The number of phenols is 1. The molecule has 1 aromatic rings. The van der Waals surface area contributed by atoms with Crippen LogP contribution in [0.3, 0.4) is 0 Å². The number of fused-ring (bicyclic) bond motifs is 3. The Morgan fingerprint density at radius 3 is 2.70 bits per heavy atom. The smallest absolute Gasteiger partial charge is 0.120 e. The third-order valence-electron chi connectivity index (χ3n) is 4.82. The second-order valence-corrected chi connectivity index (χ2v) is 6.06. The van der Waals surface area contributed by atoms with Gasteiger partial charge < -0.3 is 20.1 Å². The molecule has 4 rings (SSSR count). The molecule has 3 aliphatic heterocycles. The maximum atomic E-state index is 10.1. The molecule has 110 valence electrons. The van der Waals surface area contributed by atoms with Crippen molar-refractivity contribution in [3.8, 4) is 11.5 Å². The van der Waals surface area contributed by atoms with Gasteiger partial charge in [0.15, 0.2) is 0 Å². The highest BCUT2D eigenvalue weighted by Gasteiger charge is 2.34. The highest BCUT2D eigenvalue weighted by atomic mass is 16.5. The molecule has 0 saturated carbocycles. The molecule has 3 aliphatic rings. The second kappa shape index (κ2) is 5.62. The summed E-state index contributed by atoms with van der Waals surface area (Å²) in [6.07, 6.45) is 2.60. The number of methoxy groups -OCH3 is 1. The van der Waals surface area contributed by atoms with Gasteiger partial charge in [-0.2, -0.15) is 0 Å². The maximum absolute atomic E-state index is 10.1. The van der Waals surface area contributed by atoms with Crippen LogP contribution in [-0.4, -0.2) is 42.8 Å². The van der Waals surface area contributed by atoms with E-state index in [-0.39, 0.29) is 6.04 Å². The van der Waals surface area contributed by atoms with Crippen molar-refractivity contribution in [3.05, 3.63) is 23.8 Å². The molecule has 0 aliphatic carbocycles. The minimum absolute atomic E-state index is 0.135. The Morgan fingerprint density at radius 2 is 2.10 bits per heavy atom. The van der Waals surface area contributed by atoms with Crippen molar-refractivity contribution in [2.24, 2.45) is 5.92 Å². The molecule has 2 bridgehead atoms. The zero-order valence-electron chi connectivity index (χ0n) is 12.3. The Morgan fingerprint density at radius 1 is 1.35 bits per heavy atom. The van der Waals surface area contributed by atoms with Crippen LogP contribution < -0.4 is 10.1 Å². The van der Waals surface area contributed by atoms with E-state index in [1.165, 1.54) is 25.9 Å². The number of phenolic OH excluding ortho intramolecular Hbond substituents is 1. The molecule has 0 spiro atoms. The van der Waals surface area contributed by atoms with Crippen LogP contribution in [0, 0.1) is 5.92 Å². The van der Waals surface area contributed by atoms with E-state index in [0.29, 0.717) is 11.8 Å². The predicted octanol–water partition coefficient (Wildman–Crippen LogP) is 2.15. The van der Waals surface area contributed by atoms with Gasteiger partial charge in [-0.05, 0) is 57.0 Å². The van der Waals surface area contributed by atoms with Gasteiger partial charge in [-0.1, -0.05) is 0 Å². The van der Waals surface area contributed by atoms with Gasteiger partial charge in [0.1, 0.15) is 11.5 Å². The summed E-state index contributed by atoms with van der Waals surface area (Å²) in [4.78, 5) is 2.54. The first-order chi connectivity index (χ1) is 9.67. The van der Waals surface area contributed by atoms with E-state index >= 15 is 0 Å². The molecule has 0 amide bonds. The van der Waals surface area contributed by atoms with Gasteiger partial charge in [-0.3, -0.25) is 0 Å². The number of nitrogens with zero attached hydrogens (tertiary/aromatic N) is 1. The number of benzene rings is 1. The Hall–Kier alpha value is -1.26. The van der Waals surface area contributed by atoms with Crippen molar-refractivity contribution in [1.29, 1.82) is 0 Å². The minimum atomic E-state index is 0.135. The molecule has 20 heavy (non-hydrogen) atoms. The van der Waals surface area contributed by atoms with Crippen LogP contribution in [0.25, 0.3) is 0 Å². The van der Waals surface area contributed by atoms with Crippen molar-refractivity contribution in [2.75, 3.05) is 26.7 Å². The molecule has 0 radical (unpaired) electrons. The normalized spacial score (nSPS) is 30.2. The Balaban J connectivity index is 1.71. The molecule has 1 aromatic carbocycles. The van der Waals surface area contributed by atoms with E-state index in [9.17, 15) is 5.11 Å². The summed E-state index contributed by atoms with van der Waals surface area (Å²) >= 11 is 0. The topological polar surface area (TPSA) is 44.7 Å².